The molecule has 0 radical (unpaired) electrons. The van der Waals surface area contributed by atoms with Crippen molar-refractivity contribution < 1.29 is 39.3 Å². The molecule has 1 rings (SSSR count). The van der Waals surface area contributed by atoms with Crippen LogP contribution in [0.1, 0.15) is 39.5 Å². The molecule has 0 spiro atoms. The number of carbonyl (C=O) groups excluding carboxylic acids is 3. The van der Waals surface area contributed by atoms with Crippen LogP contribution in [0.4, 0.5) is 0 Å². The number of carboxylic acids is 2. The number of nitrogens with one attached hydrogen (secondary N) is 2. The van der Waals surface area contributed by atoms with E-state index in [4.69, 9.17) is 21.1 Å². The highest BCUT2D eigenvalue weighted by Crippen LogP contribution is 2.19. The molecule has 1 fully saturated rings. The quantitative estimate of drug-likeness (QED) is 0.212. The Labute approximate surface area is 173 Å². The van der Waals surface area contributed by atoms with Crippen LogP contribution in [-0.2, 0) is 24.0 Å². The molecule has 12 heteroatoms. The van der Waals surface area contributed by atoms with Crippen LogP contribution >= 0.6 is 0 Å². The highest BCUT2D eigenvalue weighted by molar-refractivity contribution is 5.94. The first-order chi connectivity index (χ1) is 14.0. The van der Waals surface area contributed by atoms with Gasteiger partial charge in [0.05, 0.1) is 13.0 Å². The first kappa shape index (κ1) is 25.3. The van der Waals surface area contributed by atoms with Gasteiger partial charge in [0.1, 0.15) is 24.2 Å². The van der Waals surface area contributed by atoms with Crippen molar-refractivity contribution in [2.24, 2.45) is 11.7 Å². The van der Waals surface area contributed by atoms with Crippen molar-refractivity contribution in [2.75, 3.05) is 13.2 Å². The molecule has 0 bridgehead atoms. The molecular weight excluding hydrogens is 400 g/mol. The molecule has 30 heavy (non-hydrogen) atoms. The molecule has 0 saturated carbocycles. The lowest BCUT2D eigenvalue weighted by Crippen LogP contribution is -2.57. The fraction of sp³-hybridized carbons (Fsp3) is 0.722. The third-order valence-electron chi connectivity index (χ3n) is 4.69. The predicted molar refractivity (Wildman–Crippen MR) is 103 cm³/mol. The van der Waals surface area contributed by atoms with E-state index in [0.717, 1.165) is 0 Å². The average molecular weight is 430 g/mol. The molecule has 1 aliphatic rings. The molecule has 1 saturated heterocycles. The molecule has 4 unspecified atom stereocenters. The molecule has 170 valence electrons. The lowest BCUT2D eigenvalue weighted by Gasteiger charge is -2.28. The summed E-state index contributed by atoms with van der Waals surface area (Å²) in [4.78, 5) is 60.9. The average Bonchev–Trinajstić information content (AvgIpc) is 3.14. The van der Waals surface area contributed by atoms with E-state index in [9.17, 15) is 24.0 Å². The topological polar surface area (TPSA) is 199 Å². The molecule has 1 aliphatic heterocycles. The number of hydrogen-bond donors (Lipinski definition) is 6. The van der Waals surface area contributed by atoms with Crippen molar-refractivity contribution in [3.8, 4) is 0 Å². The van der Waals surface area contributed by atoms with E-state index in [0.29, 0.717) is 12.8 Å². The summed E-state index contributed by atoms with van der Waals surface area (Å²) in [7, 11) is 0. The molecule has 0 aromatic carbocycles. The van der Waals surface area contributed by atoms with E-state index in [1.54, 1.807) is 13.8 Å². The molecular formula is C18H30N4O8. The van der Waals surface area contributed by atoms with Crippen molar-refractivity contribution in [3.05, 3.63) is 0 Å². The smallest absolute Gasteiger partial charge is 0.326 e. The van der Waals surface area contributed by atoms with Crippen LogP contribution in [0.5, 0.6) is 0 Å². The minimum atomic E-state index is -1.64. The number of nitrogens with zero attached hydrogens (tertiary/aromatic N) is 1. The van der Waals surface area contributed by atoms with Crippen LogP contribution in [0.25, 0.3) is 0 Å². The fourth-order valence-corrected chi connectivity index (χ4v) is 3.21. The Balaban J connectivity index is 2.91. The van der Waals surface area contributed by atoms with Crippen molar-refractivity contribution >= 4 is 29.7 Å². The van der Waals surface area contributed by atoms with Crippen LogP contribution in [0.15, 0.2) is 0 Å². The van der Waals surface area contributed by atoms with Crippen LogP contribution < -0.4 is 16.4 Å². The summed E-state index contributed by atoms with van der Waals surface area (Å²) in [5, 5.41) is 31.7. The minimum Gasteiger partial charge on any atom is -0.481 e. The Morgan fingerprint density at radius 3 is 2.23 bits per heavy atom. The second-order valence-electron chi connectivity index (χ2n) is 7.67. The van der Waals surface area contributed by atoms with E-state index in [1.807, 2.05) is 0 Å². The number of hydrogen-bond acceptors (Lipinski definition) is 7. The normalized spacial score (nSPS) is 19.1. The number of aliphatic hydroxyl groups excluding tert-OH is 1. The van der Waals surface area contributed by atoms with Gasteiger partial charge in [-0.25, -0.2) is 4.79 Å². The summed E-state index contributed by atoms with van der Waals surface area (Å²) in [6.45, 7) is 3.31. The molecule has 7 N–H and O–H groups in total. The number of carboxylic acid groups (broad SMARTS) is 2. The summed E-state index contributed by atoms with van der Waals surface area (Å²) < 4.78 is 0. The van der Waals surface area contributed by atoms with Gasteiger partial charge in [-0.3, -0.25) is 19.2 Å². The number of likely N-dealkylation sites (tertiary alicyclic amines) is 1. The molecule has 0 aromatic heterocycles. The van der Waals surface area contributed by atoms with Gasteiger partial charge in [-0.15, -0.1) is 0 Å². The Morgan fingerprint density at radius 1 is 1.10 bits per heavy atom. The van der Waals surface area contributed by atoms with Gasteiger partial charge in [0.15, 0.2) is 0 Å². The number of aliphatic carboxylic acids is 2. The van der Waals surface area contributed by atoms with Gasteiger partial charge < -0.3 is 36.6 Å². The highest BCUT2D eigenvalue weighted by Gasteiger charge is 2.38. The molecule has 3 amide bonds. The lowest BCUT2D eigenvalue weighted by atomic mass is 10.0. The maximum atomic E-state index is 12.8. The second-order valence-corrected chi connectivity index (χ2v) is 7.67. The first-order valence-corrected chi connectivity index (χ1v) is 9.70. The first-order valence-electron chi connectivity index (χ1n) is 9.70. The Kier molecular flexibility index (Phi) is 9.66. The molecule has 1 heterocycles. The zero-order chi connectivity index (χ0) is 23.0. The predicted octanol–water partition coefficient (Wildman–Crippen LogP) is -2.13. The highest BCUT2D eigenvalue weighted by atomic mass is 16.4. The van der Waals surface area contributed by atoms with Gasteiger partial charge in [-0.05, 0) is 25.2 Å². The zero-order valence-corrected chi connectivity index (χ0v) is 17.0. The van der Waals surface area contributed by atoms with Gasteiger partial charge in [-0.2, -0.15) is 0 Å². The largest absolute Gasteiger partial charge is 0.481 e. The fourth-order valence-electron chi connectivity index (χ4n) is 3.21. The Hall–Kier alpha value is -2.73. The summed E-state index contributed by atoms with van der Waals surface area (Å²) in [6, 6.07) is -4.78. The van der Waals surface area contributed by atoms with Gasteiger partial charge >= 0.3 is 11.9 Å². The van der Waals surface area contributed by atoms with Crippen molar-refractivity contribution in [1.29, 1.82) is 0 Å². The van der Waals surface area contributed by atoms with Crippen molar-refractivity contribution in [3.63, 3.8) is 0 Å². The summed E-state index contributed by atoms with van der Waals surface area (Å²) in [6.07, 6.45) is 0.256. The van der Waals surface area contributed by atoms with Crippen molar-refractivity contribution in [1.82, 2.24) is 15.5 Å². The summed E-state index contributed by atoms with van der Waals surface area (Å²) >= 11 is 0. The monoisotopic (exact) mass is 430 g/mol. The zero-order valence-electron chi connectivity index (χ0n) is 17.0. The van der Waals surface area contributed by atoms with Gasteiger partial charge in [0, 0.05) is 6.54 Å². The van der Waals surface area contributed by atoms with E-state index in [-0.39, 0.29) is 18.9 Å². The maximum absolute atomic E-state index is 12.8. The van der Waals surface area contributed by atoms with Crippen molar-refractivity contribution in [2.45, 2.75) is 63.7 Å². The van der Waals surface area contributed by atoms with E-state index in [1.165, 1.54) is 4.90 Å². The second kappa shape index (κ2) is 11.5. The van der Waals surface area contributed by atoms with Crippen LogP contribution in [0.3, 0.4) is 0 Å². The third-order valence-corrected chi connectivity index (χ3v) is 4.69. The number of rotatable bonds is 11. The Bertz CT molecular complexity index is 669. The number of aliphatic hydroxyl groups is 1. The lowest BCUT2D eigenvalue weighted by molar-refractivity contribution is -0.147. The van der Waals surface area contributed by atoms with Gasteiger partial charge in [-0.1, -0.05) is 13.8 Å². The molecule has 0 aliphatic carbocycles. The van der Waals surface area contributed by atoms with E-state index in [2.05, 4.69) is 10.6 Å². The standard InChI is InChI=1S/C18H30N4O8/c1-9(2)6-11(15(26)21-12(18(29)30)7-14(24)25)20-16(27)13-4-3-5-22(13)17(28)10(19)8-23/h9-13,23H,3-8,19H2,1-2H3,(H,20,27)(H,21,26)(H,24,25)(H,29,30). The Morgan fingerprint density at radius 2 is 1.73 bits per heavy atom. The van der Waals surface area contributed by atoms with Crippen LogP contribution in [0.2, 0.25) is 0 Å². The van der Waals surface area contributed by atoms with E-state index >= 15 is 0 Å². The molecule has 0 aromatic rings. The summed E-state index contributed by atoms with van der Waals surface area (Å²) in [5.74, 6) is -4.95. The van der Waals surface area contributed by atoms with Crippen LogP contribution in [0, 0.1) is 5.92 Å². The number of nitrogens with two attached hydrogens (primary N) is 1. The number of carbonyl (C=O) groups is 5. The van der Waals surface area contributed by atoms with E-state index < -0.39 is 66.9 Å². The van der Waals surface area contributed by atoms with Gasteiger partial charge in [0.2, 0.25) is 17.7 Å². The molecule has 12 nitrogen and oxygen atoms in total. The van der Waals surface area contributed by atoms with Crippen LogP contribution in [-0.4, -0.2) is 87.2 Å². The maximum Gasteiger partial charge on any atom is 0.326 e. The third kappa shape index (κ3) is 7.26. The number of amides is 3. The van der Waals surface area contributed by atoms with Gasteiger partial charge in [0.25, 0.3) is 0 Å². The summed E-state index contributed by atoms with van der Waals surface area (Å²) in [5.41, 5.74) is 5.56. The SMILES string of the molecule is CC(C)CC(NC(=O)C1CCCN1C(=O)C(N)CO)C(=O)NC(CC(=O)O)C(=O)O. The minimum absolute atomic E-state index is 0.0482. The molecule has 4 atom stereocenters.